The van der Waals surface area contributed by atoms with E-state index in [0.29, 0.717) is 6.42 Å². The summed E-state index contributed by atoms with van der Waals surface area (Å²) < 4.78 is 0. The SMILES string of the molecule is CCCCCCCc1ccc(C2(CCCCCCCCCCCC(=O)O)C=CC(c3ccccc3)=CC2)nc1. The standard InChI is InChI=1S/C36H51NO2/c1-2-3-4-10-14-19-31-23-24-34(37-30-31)36(28-25-33(26-29-36)32-20-15-13-16-21-32)27-18-12-9-7-5-6-8-11-17-22-35(38)39/h13,15-16,20-21,23-26,28,30H,2-12,14,17-19,22,27,29H2,1H3,(H,38,39). The largest absolute Gasteiger partial charge is 0.481 e. The molecule has 1 N–H and O–H groups in total. The first-order chi connectivity index (χ1) is 19.1. The van der Waals surface area contributed by atoms with E-state index in [2.05, 4.69) is 73.8 Å². The van der Waals surface area contributed by atoms with Crippen LogP contribution in [0.2, 0.25) is 0 Å². The highest BCUT2D eigenvalue weighted by molar-refractivity contribution is 5.75. The summed E-state index contributed by atoms with van der Waals surface area (Å²) in [4.78, 5) is 15.7. The van der Waals surface area contributed by atoms with E-state index in [9.17, 15) is 4.79 Å². The lowest BCUT2D eigenvalue weighted by Gasteiger charge is -2.32. The van der Waals surface area contributed by atoms with Gasteiger partial charge in [0.25, 0.3) is 0 Å². The minimum Gasteiger partial charge on any atom is -0.481 e. The van der Waals surface area contributed by atoms with Gasteiger partial charge in [-0.2, -0.15) is 0 Å². The highest BCUT2D eigenvalue weighted by atomic mass is 16.4. The minimum atomic E-state index is -0.670. The first-order valence-corrected chi connectivity index (χ1v) is 15.7. The highest BCUT2D eigenvalue weighted by Gasteiger charge is 2.31. The van der Waals surface area contributed by atoms with Gasteiger partial charge in [0.1, 0.15) is 0 Å². The molecular formula is C36H51NO2. The normalized spacial score (nSPS) is 16.8. The van der Waals surface area contributed by atoms with Crippen LogP contribution in [0.1, 0.15) is 133 Å². The van der Waals surface area contributed by atoms with Crippen LogP contribution in [0, 0.1) is 0 Å². The number of hydrogen-bond donors (Lipinski definition) is 1. The minimum absolute atomic E-state index is 0.0118. The summed E-state index contributed by atoms with van der Waals surface area (Å²) in [5.41, 5.74) is 5.18. The second-order valence-electron chi connectivity index (χ2n) is 11.5. The second kappa shape index (κ2) is 17.8. The maximum atomic E-state index is 10.6. The van der Waals surface area contributed by atoms with Crippen molar-refractivity contribution in [2.75, 3.05) is 0 Å². The molecule has 1 aliphatic carbocycles. The van der Waals surface area contributed by atoms with Gasteiger partial charge in [-0.25, -0.2) is 0 Å². The fourth-order valence-corrected chi connectivity index (χ4v) is 5.78. The molecule has 0 bridgehead atoms. The lowest BCUT2D eigenvalue weighted by molar-refractivity contribution is -0.137. The topological polar surface area (TPSA) is 50.2 Å². The van der Waals surface area contributed by atoms with E-state index in [1.807, 2.05) is 0 Å². The van der Waals surface area contributed by atoms with Gasteiger partial charge in [0, 0.05) is 18.0 Å². The van der Waals surface area contributed by atoms with Crippen LogP contribution in [0.5, 0.6) is 0 Å². The molecule has 0 saturated carbocycles. The highest BCUT2D eigenvalue weighted by Crippen LogP contribution is 2.40. The van der Waals surface area contributed by atoms with Crippen molar-refractivity contribution >= 4 is 11.5 Å². The van der Waals surface area contributed by atoms with Crippen LogP contribution in [-0.2, 0) is 16.6 Å². The van der Waals surface area contributed by atoms with E-state index < -0.39 is 5.97 Å². The van der Waals surface area contributed by atoms with Crippen LogP contribution in [0.3, 0.4) is 0 Å². The zero-order valence-corrected chi connectivity index (χ0v) is 24.4. The van der Waals surface area contributed by atoms with Gasteiger partial charge in [-0.1, -0.05) is 139 Å². The molecule has 212 valence electrons. The molecule has 3 heteroatoms. The van der Waals surface area contributed by atoms with E-state index >= 15 is 0 Å². The first-order valence-electron chi connectivity index (χ1n) is 15.7. The predicted octanol–water partition coefficient (Wildman–Crippen LogP) is 10.3. The Labute approximate surface area is 237 Å². The molecule has 1 unspecified atom stereocenters. The molecule has 1 heterocycles. The number of carbonyl (C=O) groups is 1. The predicted molar refractivity (Wildman–Crippen MR) is 165 cm³/mol. The molecule has 0 aliphatic heterocycles. The van der Waals surface area contributed by atoms with Crippen molar-refractivity contribution in [2.24, 2.45) is 0 Å². The summed E-state index contributed by atoms with van der Waals surface area (Å²) in [6.07, 6.45) is 30.1. The van der Waals surface area contributed by atoms with Crippen molar-refractivity contribution in [1.29, 1.82) is 0 Å². The van der Waals surface area contributed by atoms with E-state index in [0.717, 1.165) is 38.5 Å². The Hall–Kier alpha value is -2.68. The summed E-state index contributed by atoms with van der Waals surface area (Å²) in [7, 11) is 0. The molecule has 0 fully saturated rings. The van der Waals surface area contributed by atoms with E-state index in [4.69, 9.17) is 10.1 Å². The Morgan fingerprint density at radius 3 is 2.10 bits per heavy atom. The third-order valence-corrected chi connectivity index (χ3v) is 8.29. The van der Waals surface area contributed by atoms with Crippen molar-refractivity contribution in [1.82, 2.24) is 4.98 Å². The van der Waals surface area contributed by atoms with Crippen molar-refractivity contribution in [3.63, 3.8) is 0 Å². The molecule has 0 saturated heterocycles. The number of carboxylic acids is 1. The Morgan fingerprint density at radius 2 is 1.49 bits per heavy atom. The van der Waals surface area contributed by atoms with Gasteiger partial charge in [0.15, 0.2) is 0 Å². The van der Waals surface area contributed by atoms with Crippen LogP contribution in [-0.4, -0.2) is 16.1 Å². The van der Waals surface area contributed by atoms with Gasteiger partial charge in [-0.05, 0) is 54.9 Å². The van der Waals surface area contributed by atoms with Crippen LogP contribution >= 0.6 is 0 Å². The van der Waals surface area contributed by atoms with Crippen LogP contribution in [0.15, 0.2) is 66.9 Å². The maximum absolute atomic E-state index is 10.6. The Bertz CT molecular complexity index is 1010. The smallest absolute Gasteiger partial charge is 0.303 e. The summed E-state index contributed by atoms with van der Waals surface area (Å²) in [6, 6.07) is 15.3. The lowest BCUT2D eigenvalue weighted by Crippen LogP contribution is -2.26. The number of rotatable bonds is 20. The Balaban J connectivity index is 1.51. The molecular weight excluding hydrogens is 478 g/mol. The van der Waals surface area contributed by atoms with E-state index in [1.165, 1.54) is 93.0 Å². The van der Waals surface area contributed by atoms with E-state index in [1.54, 1.807) is 0 Å². The van der Waals surface area contributed by atoms with Crippen molar-refractivity contribution < 1.29 is 9.90 Å². The van der Waals surface area contributed by atoms with Crippen LogP contribution < -0.4 is 0 Å². The van der Waals surface area contributed by atoms with Gasteiger partial charge in [-0.15, -0.1) is 0 Å². The molecule has 1 atom stereocenters. The monoisotopic (exact) mass is 529 g/mol. The zero-order chi connectivity index (χ0) is 27.6. The van der Waals surface area contributed by atoms with Crippen molar-refractivity contribution in [2.45, 2.75) is 128 Å². The molecule has 3 rings (SSSR count). The Kier molecular flexibility index (Phi) is 14.1. The zero-order valence-electron chi connectivity index (χ0n) is 24.4. The van der Waals surface area contributed by atoms with Gasteiger partial charge in [0.2, 0.25) is 0 Å². The number of aryl methyl sites for hydroxylation is 1. The number of allylic oxidation sites excluding steroid dienone is 4. The number of aliphatic carboxylic acids is 1. The number of hydrogen-bond acceptors (Lipinski definition) is 2. The average Bonchev–Trinajstić information content (AvgIpc) is 2.97. The van der Waals surface area contributed by atoms with Gasteiger partial charge in [-0.3, -0.25) is 9.78 Å². The molecule has 1 aliphatic rings. The van der Waals surface area contributed by atoms with Crippen molar-refractivity contribution in [3.05, 3.63) is 83.7 Å². The summed E-state index contributed by atoms with van der Waals surface area (Å²) >= 11 is 0. The summed E-state index contributed by atoms with van der Waals surface area (Å²) in [6.45, 7) is 2.27. The summed E-state index contributed by atoms with van der Waals surface area (Å²) in [5.74, 6) is -0.670. The molecule has 0 spiro atoms. The first kappa shape index (κ1) is 30.9. The number of pyridine rings is 1. The fraction of sp³-hybridized carbons (Fsp3) is 0.556. The average molecular weight is 530 g/mol. The number of carboxylic acid groups (broad SMARTS) is 1. The summed E-state index contributed by atoms with van der Waals surface area (Å²) in [5, 5.41) is 8.74. The molecule has 1 aromatic heterocycles. The molecule has 3 nitrogen and oxygen atoms in total. The van der Waals surface area contributed by atoms with Gasteiger partial charge < -0.3 is 5.11 Å². The van der Waals surface area contributed by atoms with Crippen LogP contribution in [0.25, 0.3) is 5.57 Å². The maximum Gasteiger partial charge on any atom is 0.303 e. The van der Waals surface area contributed by atoms with Crippen molar-refractivity contribution in [3.8, 4) is 0 Å². The third-order valence-electron chi connectivity index (χ3n) is 8.29. The van der Waals surface area contributed by atoms with Gasteiger partial charge in [0.05, 0.1) is 5.69 Å². The van der Waals surface area contributed by atoms with E-state index in [-0.39, 0.29) is 5.41 Å². The quantitative estimate of drug-likeness (QED) is 0.174. The number of benzene rings is 1. The Morgan fingerprint density at radius 1 is 0.821 bits per heavy atom. The third kappa shape index (κ3) is 11.1. The molecule has 0 radical (unpaired) electrons. The molecule has 0 amide bonds. The molecule has 39 heavy (non-hydrogen) atoms. The van der Waals surface area contributed by atoms with Crippen LogP contribution in [0.4, 0.5) is 0 Å². The molecule has 2 aromatic rings. The second-order valence-corrected chi connectivity index (χ2v) is 11.5. The fourth-order valence-electron chi connectivity index (χ4n) is 5.78. The number of aromatic nitrogens is 1. The lowest BCUT2D eigenvalue weighted by atomic mass is 9.72. The molecule has 1 aromatic carbocycles. The van der Waals surface area contributed by atoms with Gasteiger partial charge >= 0.3 is 5.97 Å². The number of unbranched alkanes of at least 4 members (excludes halogenated alkanes) is 12. The number of nitrogens with zero attached hydrogens (tertiary/aromatic N) is 1.